The molecule has 1 amide bonds. The van der Waals surface area contributed by atoms with Gasteiger partial charge < -0.3 is 10.2 Å². The number of benzene rings is 2. The minimum absolute atomic E-state index is 0.0848. The number of aryl methyl sites for hydroxylation is 1. The molecule has 0 radical (unpaired) electrons. The Morgan fingerprint density at radius 3 is 2.64 bits per heavy atom. The maximum absolute atomic E-state index is 12.6. The van der Waals surface area contributed by atoms with Crippen LogP contribution in [0.15, 0.2) is 59.2 Å². The van der Waals surface area contributed by atoms with Gasteiger partial charge in [-0.15, -0.1) is 0 Å². The molecule has 1 aromatic heterocycles. The summed E-state index contributed by atoms with van der Waals surface area (Å²) in [6, 6.07) is 16.6. The molecule has 1 aliphatic rings. The van der Waals surface area contributed by atoms with Gasteiger partial charge in [0.1, 0.15) is 0 Å². The van der Waals surface area contributed by atoms with Crippen LogP contribution in [0.2, 0.25) is 0 Å². The van der Waals surface area contributed by atoms with Crippen LogP contribution >= 0.6 is 15.9 Å². The van der Waals surface area contributed by atoms with Gasteiger partial charge in [0.15, 0.2) is 0 Å². The zero-order valence-corrected chi connectivity index (χ0v) is 17.6. The number of pyridine rings is 1. The van der Waals surface area contributed by atoms with E-state index in [9.17, 15) is 4.79 Å². The summed E-state index contributed by atoms with van der Waals surface area (Å²) in [4.78, 5) is 19.4. The lowest BCUT2D eigenvalue weighted by Crippen LogP contribution is -2.40. The maximum Gasteiger partial charge on any atom is 0.223 e. The fourth-order valence-corrected chi connectivity index (χ4v) is 4.16. The van der Waals surface area contributed by atoms with Crippen LogP contribution in [0, 0.1) is 12.8 Å². The molecule has 0 saturated carbocycles. The molecule has 2 aromatic carbocycles. The Labute approximate surface area is 174 Å². The normalized spacial score (nSPS) is 15.0. The molecule has 5 heteroatoms. The zero-order valence-electron chi connectivity index (χ0n) is 16.0. The van der Waals surface area contributed by atoms with Crippen LogP contribution in [0.25, 0.3) is 10.9 Å². The molecule has 0 aliphatic carbocycles. The molecular formula is C23H24BrN3O. The lowest BCUT2D eigenvalue weighted by molar-refractivity contribution is -0.125. The number of anilines is 1. The monoisotopic (exact) mass is 437 g/mol. The fraction of sp³-hybridized carbons (Fsp3) is 0.304. The molecule has 0 bridgehead atoms. The highest BCUT2D eigenvalue weighted by atomic mass is 79.9. The zero-order chi connectivity index (χ0) is 19.5. The second kappa shape index (κ2) is 8.31. The third-order valence-electron chi connectivity index (χ3n) is 5.47. The van der Waals surface area contributed by atoms with Gasteiger partial charge in [-0.25, -0.2) is 0 Å². The first-order chi connectivity index (χ1) is 13.6. The number of halogens is 1. The Balaban J connectivity index is 1.37. The van der Waals surface area contributed by atoms with Crippen LogP contribution in [-0.4, -0.2) is 24.0 Å². The lowest BCUT2D eigenvalue weighted by Gasteiger charge is -2.33. The second-order valence-corrected chi connectivity index (χ2v) is 8.37. The van der Waals surface area contributed by atoms with Crippen molar-refractivity contribution in [3.8, 4) is 0 Å². The molecule has 2 heterocycles. The van der Waals surface area contributed by atoms with E-state index in [2.05, 4.69) is 74.5 Å². The quantitative estimate of drug-likeness (QED) is 0.634. The molecule has 1 N–H and O–H groups in total. The van der Waals surface area contributed by atoms with Crippen LogP contribution in [0.4, 0.5) is 5.69 Å². The van der Waals surface area contributed by atoms with Crippen molar-refractivity contribution < 1.29 is 4.79 Å². The average Bonchev–Trinajstić information content (AvgIpc) is 2.73. The summed E-state index contributed by atoms with van der Waals surface area (Å²) in [5.74, 6) is 0.254. The number of hydrogen-bond acceptors (Lipinski definition) is 3. The number of carbonyl (C=O) groups is 1. The van der Waals surface area contributed by atoms with Crippen LogP contribution in [0.5, 0.6) is 0 Å². The first kappa shape index (κ1) is 18.9. The summed E-state index contributed by atoms with van der Waals surface area (Å²) in [5.41, 5.74) is 4.58. The Hall–Kier alpha value is -2.40. The van der Waals surface area contributed by atoms with Crippen molar-refractivity contribution in [3.63, 3.8) is 0 Å². The van der Waals surface area contributed by atoms with E-state index in [0.717, 1.165) is 46.9 Å². The van der Waals surface area contributed by atoms with Gasteiger partial charge in [-0.2, -0.15) is 0 Å². The number of hydrogen-bond donors (Lipinski definition) is 1. The van der Waals surface area contributed by atoms with Gasteiger partial charge in [-0.05, 0) is 49.6 Å². The van der Waals surface area contributed by atoms with Crippen LogP contribution in [0.1, 0.15) is 24.0 Å². The van der Waals surface area contributed by atoms with E-state index in [1.807, 2.05) is 18.3 Å². The summed E-state index contributed by atoms with van der Waals surface area (Å²) in [6.45, 7) is 4.44. The molecule has 4 rings (SSSR count). The highest BCUT2D eigenvalue weighted by molar-refractivity contribution is 9.10. The van der Waals surface area contributed by atoms with E-state index in [1.165, 1.54) is 11.3 Å². The largest absolute Gasteiger partial charge is 0.371 e. The van der Waals surface area contributed by atoms with Gasteiger partial charge in [0.25, 0.3) is 0 Å². The number of carbonyl (C=O) groups excluding carboxylic acids is 1. The van der Waals surface area contributed by atoms with Gasteiger partial charge in [0, 0.05) is 47.3 Å². The molecule has 1 aliphatic heterocycles. The molecule has 4 nitrogen and oxygen atoms in total. The van der Waals surface area contributed by atoms with Crippen LogP contribution in [-0.2, 0) is 11.3 Å². The summed E-state index contributed by atoms with van der Waals surface area (Å²) in [7, 11) is 0. The van der Waals surface area contributed by atoms with Crippen molar-refractivity contribution in [2.75, 3.05) is 18.0 Å². The predicted octanol–water partition coefficient (Wildman–Crippen LogP) is 4.84. The van der Waals surface area contributed by atoms with Crippen molar-refractivity contribution in [1.29, 1.82) is 0 Å². The highest BCUT2D eigenvalue weighted by Crippen LogP contribution is 2.31. The standard InChI is InChI=1S/C23H24BrN3O/c1-16-2-4-17(5-3-16)15-26-23(28)18-9-12-27(13-10-18)22-8-11-25-21-7-6-19(24)14-20(21)22/h2-8,11,14,18H,9-10,12-13,15H2,1H3,(H,26,28). The van der Waals surface area contributed by atoms with Crippen molar-refractivity contribution in [1.82, 2.24) is 10.3 Å². The maximum atomic E-state index is 12.6. The van der Waals surface area contributed by atoms with Gasteiger partial charge in [0.05, 0.1) is 5.52 Å². The number of nitrogens with one attached hydrogen (secondary N) is 1. The Morgan fingerprint density at radius 2 is 1.89 bits per heavy atom. The third-order valence-corrected chi connectivity index (χ3v) is 5.97. The molecule has 144 valence electrons. The van der Waals surface area contributed by atoms with Crippen molar-refractivity contribution in [3.05, 3.63) is 70.3 Å². The molecular weight excluding hydrogens is 414 g/mol. The molecule has 0 unspecified atom stereocenters. The highest BCUT2D eigenvalue weighted by Gasteiger charge is 2.25. The van der Waals surface area contributed by atoms with E-state index in [-0.39, 0.29) is 11.8 Å². The number of fused-ring (bicyclic) bond motifs is 1. The van der Waals surface area contributed by atoms with E-state index < -0.39 is 0 Å². The Bertz CT molecular complexity index is 979. The molecule has 1 saturated heterocycles. The first-order valence-electron chi connectivity index (χ1n) is 9.72. The van der Waals surface area contributed by atoms with E-state index in [4.69, 9.17) is 0 Å². The Morgan fingerprint density at radius 1 is 1.14 bits per heavy atom. The third kappa shape index (κ3) is 4.20. The summed E-state index contributed by atoms with van der Waals surface area (Å²) in [6.07, 6.45) is 3.61. The van der Waals surface area contributed by atoms with Crippen molar-refractivity contribution >= 4 is 38.4 Å². The Kier molecular flexibility index (Phi) is 5.62. The predicted molar refractivity (Wildman–Crippen MR) is 117 cm³/mol. The van der Waals surface area contributed by atoms with Crippen molar-refractivity contribution in [2.24, 2.45) is 5.92 Å². The van der Waals surface area contributed by atoms with Crippen LogP contribution in [0.3, 0.4) is 0 Å². The minimum atomic E-state index is 0.0848. The van der Waals surface area contributed by atoms with E-state index in [0.29, 0.717) is 6.54 Å². The smallest absolute Gasteiger partial charge is 0.223 e. The second-order valence-electron chi connectivity index (χ2n) is 7.46. The van der Waals surface area contributed by atoms with Crippen LogP contribution < -0.4 is 10.2 Å². The van der Waals surface area contributed by atoms with Gasteiger partial charge in [0.2, 0.25) is 5.91 Å². The molecule has 0 spiro atoms. The number of piperidine rings is 1. The lowest BCUT2D eigenvalue weighted by atomic mass is 9.95. The van der Waals surface area contributed by atoms with Gasteiger partial charge in [-0.3, -0.25) is 9.78 Å². The molecule has 3 aromatic rings. The average molecular weight is 438 g/mol. The van der Waals surface area contributed by atoms with Gasteiger partial charge in [-0.1, -0.05) is 45.8 Å². The summed E-state index contributed by atoms with van der Waals surface area (Å²) in [5, 5.41) is 4.26. The SMILES string of the molecule is Cc1ccc(CNC(=O)C2CCN(c3ccnc4ccc(Br)cc34)CC2)cc1. The van der Waals surface area contributed by atoms with Crippen molar-refractivity contribution in [2.45, 2.75) is 26.3 Å². The van der Waals surface area contributed by atoms with E-state index in [1.54, 1.807) is 0 Å². The van der Waals surface area contributed by atoms with Gasteiger partial charge >= 0.3 is 0 Å². The topological polar surface area (TPSA) is 45.2 Å². The number of amides is 1. The fourth-order valence-electron chi connectivity index (χ4n) is 3.80. The number of nitrogens with zero attached hydrogens (tertiary/aromatic N) is 2. The first-order valence-corrected chi connectivity index (χ1v) is 10.5. The summed E-state index contributed by atoms with van der Waals surface area (Å²) < 4.78 is 1.06. The van der Waals surface area contributed by atoms with E-state index >= 15 is 0 Å². The molecule has 1 fully saturated rings. The molecule has 28 heavy (non-hydrogen) atoms. The molecule has 0 atom stereocenters. The number of aromatic nitrogens is 1. The summed E-state index contributed by atoms with van der Waals surface area (Å²) >= 11 is 3.56. The number of rotatable bonds is 4. The minimum Gasteiger partial charge on any atom is -0.371 e.